The average molecular weight is 950 g/mol. The summed E-state index contributed by atoms with van der Waals surface area (Å²) in [6, 6.07) is 9.99. The Hall–Kier alpha value is -6.69. The molecule has 0 N–H and O–H groups in total. The number of hydrogen-bond donors (Lipinski definition) is 0. The molecule has 0 amide bonds. The van der Waals surface area contributed by atoms with Crippen molar-refractivity contribution in [3.05, 3.63) is 177 Å². The molecular formula is C40H19BF20N2O2. The largest absolute Gasteiger partial charge is 0.458 e. The maximum atomic E-state index is 15.4. The van der Waals surface area contributed by atoms with Gasteiger partial charge in [0, 0.05) is 5.56 Å². The Morgan fingerprint density at radius 1 is 0.492 bits per heavy atom. The lowest BCUT2D eigenvalue weighted by Gasteiger charge is -2.44. The van der Waals surface area contributed by atoms with Gasteiger partial charge in [-0.25, -0.2) is 92.6 Å². The maximum absolute atomic E-state index is 15.4. The molecule has 6 aromatic rings. The highest BCUT2D eigenvalue weighted by Gasteiger charge is 2.52. The van der Waals surface area contributed by atoms with E-state index in [0.29, 0.717) is 18.8 Å². The molecule has 0 unspecified atom stereocenters. The zero-order valence-corrected chi connectivity index (χ0v) is 31.8. The molecule has 0 aliphatic rings. The van der Waals surface area contributed by atoms with Crippen LogP contribution >= 0.6 is 0 Å². The molecular weight excluding hydrogens is 931 g/mol. The van der Waals surface area contributed by atoms with E-state index in [1.807, 2.05) is 34.9 Å². The number of halogens is 20. The van der Waals surface area contributed by atoms with E-state index in [9.17, 15) is 57.5 Å². The predicted octanol–water partition coefficient (Wildman–Crippen LogP) is 8.22. The lowest BCUT2D eigenvalue weighted by atomic mass is 9.12. The number of carbonyl (C=O) groups excluding carboxylic acids is 1. The predicted molar refractivity (Wildman–Crippen MR) is 184 cm³/mol. The summed E-state index contributed by atoms with van der Waals surface area (Å²) in [5.74, 6) is -71.7. The zero-order chi connectivity index (χ0) is 48.6. The summed E-state index contributed by atoms with van der Waals surface area (Å²) in [6.45, 7) is 3.14. The third kappa shape index (κ3) is 8.30. The molecule has 1 heterocycles. The van der Waals surface area contributed by atoms with Crippen LogP contribution in [0.1, 0.15) is 35.8 Å². The van der Waals surface area contributed by atoms with Crippen molar-refractivity contribution in [2.75, 3.05) is 6.61 Å². The van der Waals surface area contributed by atoms with Gasteiger partial charge in [-0.2, -0.15) is 4.57 Å². The van der Waals surface area contributed by atoms with Crippen LogP contribution in [0.2, 0.25) is 0 Å². The summed E-state index contributed by atoms with van der Waals surface area (Å²) in [7, 11) is 0. The number of aromatic nitrogens is 2. The van der Waals surface area contributed by atoms with Gasteiger partial charge in [-0.15, -0.1) is 21.9 Å². The van der Waals surface area contributed by atoms with Crippen molar-refractivity contribution >= 4 is 34.0 Å². The van der Waals surface area contributed by atoms with Crippen molar-refractivity contribution in [1.82, 2.24) is 4.98 Å². The minimum atomic E-state index is -7.22. The van der Waals surface area contributed by atoms with E-state index in [-0.39, 0.29) is 5.97 Å². The van der Waals surface area contributed by atoms with E-state index in [1.165, 1.54) is 0 Å². The van der Waals surface area contributed by atoms with E-state index in [0.717, 1.165) is 18.4 Å². The molecule has 65 heavy (non-hydrogen) atoms. The lowest BCUT2D eigenvalue weighted by Crippen LogP contribution is -2.81. The van der Waals surface area contributed by atoms with Gasteiger partial charge in [0.1, 0.15) is 58.9 Å². The number of benzene rings is 5. The van der Waals surface area contributed by atoms with E-state index in [1.54, 1.807) is 18.6 Å². The number of unbranched alkanes of at least 4 members (excludes halogenated alkanes) is 1. The summed E-state index contributed by atoms with van der Waals surface area (Å²) >= 11 is 0. The summed E-state index contributed by atoms with van der Waals surface area (Å²) in [6.07, 6.45) is -0.313. The molecule has 0 bridgehead atoms. The quantitative estimate of drug-likeness (QED) is 0.0265. The van der Waals surface area contributed by atoms with Crippen molar-refractivity contribution < 1.29 is 102 Å². The van der Waals surface area contributed by atoms with Crippen LogP contribution in [0.4, 0.5) is 87.8 Å². The fourth-order valence-corrected chi connectivity index (χ4v) is 6.73. The molecule has 4 nitrogen and oxygen atoms in total. The molecule has 0 saturated heterocycles. The molecule has 0 saturated carbocycles. The first-order valence-electron chi connectivity index (χ1n) is 17.8. The van der Waals surface area contributed by atoms with Crippen molar-refractivity contribution in [3.8, 4) is 0 Å². The van der Waals surface area contributed by atoms with Gasteiger partial charge in [0.15, 0.2) is 82.5 Å². The van der Waals surface area contributed by atoms with Gasteiger partial charge >= 0.3 is 11.7 Å². The number of ether oxygens (including phenoxy) is 1. The summed E-state index contributed by atoms with van der Waals surface area (Å²) in [5.41, 5.74) is -12.7. The molecule has 0 aliphatic carbocycles. The van der Waals surface area contributed by atoms with Crippen LogP contribution in [-0.4, -0.2) is 23.7 Å². The molecule has 0 aliphatic heterocycles. The maximum Gasteiger partial charge on any atom is 0.405 e. The number of esters is 1. The second kappa shape index (κ2) is 19.2. The zero-order valence-electron chi connectivity index (χ0n) is 31.8. The number of nitrogens with zero attached hydrogens (tertiary/aromatic N) is 2. The van der Waals surface area contributed by atoms with E-state index >= 15 is 35.1 Å². The fourth-order valence-electron chi connectivity index (χ4n) is 6.73. The minimum Gasteiger partial charge on any atom is -0.458 e. The topological polar surface area (TPSA) is 43.1 Å². The lowest BCUT2D eigenvalue weighted by molar-refractivity contribution is -0.691. The first kappa shape index (κ1) is 49.3. The van der Waals surface area contributed by atoms with Crippen LogP contribution in [-0.2, 0) is 11.3 Å². The molecule has 0 fully saturated rings. The Labute approximate surface area is 350 Å². The highest BCUT2D eigenvalue weighted by molar-refractivity contribution is 7.20. The van der Waals surface area contributed by atoms with Crippen LogP contribution in [0.15, 0.2) is 48.9 Å². The standard InChI is InChI=1S/C24BF20.C16H19N2O2/c26-5-1(6(27)14(35)21(42)13(5)34)25(2-7(28)15(36)22(43)16(37)8(2)29,3-9(30)17(38)23(44)18(39)10(3)31)4-11(32)19(40)24(45)20(41)12(4)33;1-2-3-11-20-16(19)15-12-17-9-10-18(15)13-14-7-5-4-6-8-14/h;4-10,12H,2-3,11,13H2,1H3/q-1;+1. The summed E-state index contributed by atoms with van der Waals surface area (Å²) in [4.78, 5) is 16.1. The van der Waals surface area contributed by atoms with Crippen LogP contribution in [0.25, 0.3) is 0 Å². The molecule has 344 valence electrons. The summed E-state index contributed by atoms with van der Waals surface area (Å²) < 4.78 is 301. The first-order chi connectivity index (χ1) is 30.5. The molecule has 5 aromatic carbocycles. The SMILES string of the molecule is CCCCOC(=O)c1cncc[n+]1Cc1ccccc1.Fc1c(F)c(F)c([B-](c2c(F)c(F)c(F)c(F)c2F)(c2c(F)c(F)c(F)c(F)c2F)c2c(F)c(F)c(F)c(F)c2F)c(F)c1F. The van der Waals surface area contributed by atoms with Gasteiger partial charge < -0.3 is 4.74 Å². The van der Waals surface area contributed by atoms with E-state index in [2.05, 4.69) is 11.9 Å². The van der Waals surface area contributed by atoms with E-state index in [4.69, 9.17) is 4.74 Å². The Morgan fingerprint density at radius 3 is 1.11 bits per heavy atom. The Kier molecular flexibility index (Phi) is 14.6. The second-order valence-electron chi connectivity index (χ2n) is 13.4. The number of hydrogen-bond acceptors (Lipinski definition) is 3. The van der Waals surface area contributed by atoms with Gasteiger partial charge in [0.2, 0.25) is 0 Å². The van der Waals surface area contributed by atoms with Crippen LogP contribution in [0.3, 0.4) is 0 Å². The van der Waals surface area contributed by atoms with Gasteiger partial charge in [-0.1, -0.05) is 43.7 Å². The third-order valence-corrected chi connectivity index (χ3v) is 9.68. The van der Waals surface area contributed by atoms with Crippen molar-refractivity contribution in [2.24, 2.45) is 0 Å². The van der Waals surface area contributed by atoms with Crippen LogP contribution in [0, 0.1) is 116 Å². The molecule has 0 spiro atoms. The highest BCUT2D eigenvalue weighted by atomic mass is 19.2. The smallest absolute Gasteiger partial charge is 0.405 e. The first-order valence-corrected chi connectivity index (χ1v) is 17.8. The Balaban J connectivity index is 0.000000330. The highest BCUT2D eigenvalue weighted by Crippen LogP contribution is 2.30. The van der Waals surface area contributed by atoms with Crippen LogP contribution < -0.4 is 26.4 Å². The van der Waals surface area contributed by atoms with Crippen molar-refractivity contribution in [3.63, 3.8) is 0 Å². The Bertz CT molecular complexity index is 2470. The molecule has 1 aromatic heterocycles. The fraction of sp³-hybridized carbons (Fsp3) is 0.125. The Morgan fingerprint density at radius 2 is 0.800 bits per heavy atom. The van der Waals surface area contributed by atoms with Crippen molar-refractivity contribution in [1.29, 1.82) is 0 Å². The van der Waals surface area contributed by atoms with Gasteiger partial charge in [0.25, 0.3) is 0 Å². The van der Waals surface area contributed by atoms with Gasteiger partial charge in [-0.3, -0.25) is 4.98 Å². The monoisotopic (exact) mass is 950 g/mol. The number of rotatable bonds is 10. The van der Waals surface area contributed by atoms with Crippen molar-refractivity contribution in [2.45, 2.75) is 26.3 Å². The third-order valence-electron chi connectivity index (χ3n) is 9.68. The average Bonchev–Trinajstić information content (AvgIpc) is 3.29. The molecule has 0 radical (unpaired) electrons. The minimum absolute atomic E-state index is 0.317. The normalized spacial score (nSPS) is 11.5. The molecule has 6 rings (SSSR count). The molecule has 0 atom stereocenters. The number of carbonyl (C=O) groups is 1. The van der Waals surface area contributed by atoms with Gasteiger partial charge in [-0.05, 0) is 6.42 Å². The van der Waals surface area contributed by atoms with Crippen LogP contribution in [0.5, 0.6) is 0 Å². The molecule has 25 heteroatoms. The van der Waals surface area contributed by atoms with E-state index < -0.39 is 144 Å². The van der Waals surface area contributed by atoms with Gasteiger partial charge in [0.05, 0.1) is 12.8 Å². The summed E-state index contributed by atoms with van der Waals surface area (Å²) in [5, 5.41) is 0. The second-order valence-corrected chi connectivity index (χ2v) is 13.4.